The van der Waals surface area contributed by atoms with Crippen LogP contribution in [0.4, 0.5) is 0 Å². The van der Waals surface area contributed by atoms with Crippen LogP contribution in [0, 0.1) is 5.92 Å². The number of nitrogens with zero attached hydrogens (tertiary/aromatic N) is 1. The molecule has 1 fully saturated rings. The molecule has 0 aliphatic heterocycles. The molecular formula is C21H38N4O5S. The third-order valence-corrected chi connectivity index (χ3v) is 7.29. The van der Waals surface area contributed by atoms with Gasteiger partial charge < -0.3 is 20.5 Å². The van der Waals surface area contributed by atoms with Gasteiger partial charge in [0.1, 0.15) is 6.10 Å². The molecule has 9 nitrogen and oxygen atoms in total. The van der Waals surface area contributed by atoms with Crippen molar-refractivity contribution in [1.82, 2.24) is 20.0 Å². The number of aromatic amines is 1. The van der Waals surface area contributed by atoms with E-state index >= 15 is 0 Å². The largest absolute Gasteiger partial charge is 0.389 e. The number of hydrogen-bond donors (Lipinski definition) is 5. The summed E-state index contributed by atoms with van der Waals surface area (Å²) in [5.41, 5.74) is 0.767. The molecule has 1 amide bonds. The molecule has 1 heterocycles. The first-order chi connectivity index (χ1) is 14.8. The maximum absolute atomic E-state index is 12.5. The minimum absolute atomic E-state index is 0.200. The first-order valence-electron chi connectivity index (χ1n) is 11.4. The summed E-state index contributed by atoms with van der Waals surface area (Å²) in [6.07, 6.45) is 8.59. The molecule has 10 heteroatoms. The second-order valence-corrected chi connectivity index (χ2v) is 10.4. The minimum Gasteiger partial charge on any atom is -0.389 e. The summed E-state index contributed by atoms with van der Waals surface area (Å²) in [5.74, 6) is -0.507. The second-order valence-electron chi connectivity index (χ2n) is 8.56. The van der Waals surface area contributed by atoms with E-state index in [9.17, 15) is 23.4 Å². The van der Waals surface area contributed by atoms with Gasteiger partial charge in [-0.2, -0.15) is 0 Å². The molecule has 1 aromatic heterocycles. The van der Waals surface area contributed by atoms with Crippen LogP contribution in [-0.2, 0) is 21.2 Å². The molecule has 0 spiro atoms. The number of amides is 1. The van der Waals surface area contributed by atoms with Crippen molar-refractivity contribution < 1.29 is 23.4 Å². The van der Waals surface area contributed by atoms with Gasteiger partial charge in [0.05, 0.1) is 29.9 Å². The molecule has 1 aromatic rings. The summed E-state index contributed by atoms with van der Waals surface area (Å²) < 4.78 is 26.9. The van der Waals surface area contributed by atoms with Gasteiger partial charge in [-0.3, -0.25) is 4.79 Å². The molecule has 0 aromatic carbocycles. The van der Waals surface area contributed by atoms with Crippen molar-refractivity contribution in [3.05, 3.63) is 18.2 Å². The molecule has 0 unspecified atom stereocenters. The SMILES string of the molecule is CCCCNS(=O)(=O)C[C@H](O)[C@H](O)[C@H](CC1CCCCC1)NC(=O)CCc1c[nH]cn1. The third kappa shape index (κ3) is 9.67. The molecule has 178 valence electrons. The van der Waals surface area contributed by atoms with E-state index in [2.05, 4.69) is 20.0 Å². The number of nitrogens with one attached hydrogen (secondary N) is 3. The summed E-state index contributed by atoms with van der Waals surface area (Å²) in [6, 6.07) is -0.698. The van der Waals surface area contributed by atoms with Crippen LogP contribution in [0.3, 0.4) is 0 Å². The number of aromatic nitrogens is 2. The Labute approximate surface area is 185 Å². The van der Waals surface area contributed by atoms with Crippen molar-refractivity contribution in [3.63, 3.8) is 0 Å². The summed E-state index contributed by atoms with van der Waals surface area (Å²) >= 11 is 0. The third-order valence-electron chi connectivity index (χ3n) is 5.87. The van der Waals surface area contributed by atoms with Crippen molar-refractivity contribution in [2.45, 2.75) is 89.4 Å². The van der Waals surface area contributed by atoms with E-state index in [1.807, 2.05) is 6.92 Å². The van der Waals surface area contributed by atoms with E-state index in [1.54, 1.807) is 12.5 Å². The number of rotatable bonds is 14. The van der Waals surface area contributed by atoms with Gasteiger partial charge in [-0.1, -0.05) is 45.4 Å². The van der Waals surface area contributed by atoms with Crippen molar-refractivity contribution in [3.8, 4) is 0 Å². The number of carbonyl (C=O) groups excluding carboxylic acids is 1. The van der Waals surface area contributed by atoms with Crippen molar-refractivity contribution >= 4 is 15.9 Å². The van der Waals surface area contributed by atoms with Gasteiger partial charge in [0.15, 0.2) is 0 Å². The van der Waals surface area contributed by atoms with E-state index < -0.39 is 34.0 Å². The average Bonchev–Trinajstić information content (AvgIpc) is 3.25. The highest BCUT2D eigenvalue weighted by Crippen LogP contribution is 2.28. The number of sulfonamides is 1. The van der Waals surface area contributed by atoms with Crippen LogP contribution >= 0.6 is 0 Å². The number of aliphatic hydroxyl groups is 2. The van der Waals surface area contributed by atoms with E-state index in [4.69, 9.17) is 0 Å². The lowest BCUT2D eigenvalue weighted by Gasteiger charge is -2.32. The predicted octanol–water partition coefficient (Wildman–Crippen LogP) is 1.24. The highest BCUT2D eigenvalue weighted by Gasteiger charge is 2.33. The number of H-pyrrole nitrogens is 1. The second kappa shape index (κ2) is 13.1. The fourth-order valence-electron chi connectivity index (χ4n) is 4.07. The van der Waals surface area contributed by atoms with Crippen LogP contribution in [0.15, 0.2) is 12.5 Å². The maximum atomic E-state index is 12.5. The molecule has 2 rings (SSSR count). The van der Waals surface area contributed by atoms with Crippen LogP contribution in [0.2, 0.25) is 0 Å². The van der Waals surface area contributed by atoms with Gasteiger partial charge in [-0.25, -0.2) is 18.1 Å². The molecule has 5 N–H and O–H groups in total. The van der Waals surface area contributed by atoms with Crippen LogP contribution in [-0.4, -0.2) is 65.1 Å². The van der Waals surface area contributed by atoms with Gasteiger partial charge >= 0.3 is 0 Å². The zero-order valence-corrected chi connectivity index (χ0v) is 19.2. The Morgan fingerprint density at radius 3 is 2.68 bits per heavy atom. The van der Waals surface area contributed by atoms with E-state index in [1.165, 1.54) is 6.42 Å². The topological polar surface area (TPSA) is 144 Å². The molecular weight excluding hydrogens is 420 g/mol. The molecule has 3 atom stereocenters. The molecule has 1 aliphatic rings. The lowest BCUT2D eigenvalue weighted by Crippen LogP contribution is -2.52. The Morgan fingerprint density at radius 1 is 1.29 bits per heavy atom. The maximum Gasteiger partial charge on any atom is 0.220 e. The van der Waals surface area contributed by atoms with Gasteiger partial charge in [-0.05, 0) is 25.2 Å². The van der Waals surface area contributed by atoms with Crippen molar-refractivity contribution in [2.75, 3.05) is 12.3 Å². The first kappa shape index (κ1) is 25.8. The fourth-order valence-corrected chi connectivity index (χ4v) is 5.29. The Balaban J connectivity index is 1.96. The van der Waals surface area contributed by atoms with Crippen molar-refractivity contribution in [2.24, 2.45) is 5.92 Å². The molecule has 1 saturated carbocycles. The highest BCUT2D eigenvalue weighted by molar-refractivity contribution is 7.89. The number of aliphatic hydroxyl groups excluding tert-OH is 2. The number of imidazole rings is 1. The van der Waals surface area contributed by atoms with Crippen LogP contribution < -0.4 is 10.0 Å². The lowest BCUT2D eigenvalue weighted by molar-refractivity contribution is -0.123. The highest BCUT2D eigenvalue weighted by atomic mass is 32.2. The Kier molecular flexibility index (Phi) is 10.9. The van der Waals surface area contributed by atoms with Crippen molar-refractivity contribution in [1.29, 1.82) is 0 Å². The van der Waals surface area contributed by atoms with E-state index in [0.717, 1.165) is 37.8 Å². The summed E-state index contributed by atoms with van der Waals surface area (Å²) in [7, 11) is -3.72. The number of carbonyl (C=O) groups is 1. The van der Waals surface area contributed by atoms with E-state index in [0.29, 0.717) is 31.7 Å². The van der Waals surface area contributed by atoms with E-state index in [-0.39, 0.29) is 12.3 Å². The molecule has 1 aliphatic carbocycles. The minimum atomic E-state index is -3.72. The van der Waals surface area contributed by atoms with Crippen LogP contribution in [0.1, 0.15) is 70.4 Å². The van der Waals surface area contributed by atoms with Crippen LogP contribution in [0.5, 0.6) is 0 Å². The number of unbranched alkanes of at least 4 members (excludes halogenated alkanes) is 1. The van der Waals surface area contributed by atoms with Gasteiger partial charge in [0, 0.05) is 19.2 Å². The average molecular weight is 459 g/mol. The molecule has 0 radical (unpaired) electrons. The Bertz CT molecular complexity index is 735. The normalized spacial score (nSPS) is 18.4. The number of aryl methyl sites for hydroxylation is 1. The fraction of sp³-hybridized carbons (Fsp3) is 0.810. The number of hydrogen-bond acceptors (Lipinski definition) is 6. The van der Waals surface area contributed by atoms with Crippen LogP contribution in [0.25, 0.3) is 0 Å². The zero-order chi connectivity index (χ0) is 22.7. The standard InChI is InChI=1S/C21H38N4O5S/c1-2-3-11-24-31(29,30)14-19(26)21(28)18(12-16-7-5-4-6-8-16)25-20(27)10-9-17-13-22-15-23-17/h13,15-16,18-19,21,24,26,28H,2-12,14H2,1H3,(H,22,23)(H,25,27)/t18-,19-,21+/m0/s1. The van der Waals surface area contributed by atoms with Gasteiger partial charge in [-0.15, -0.1) is 0 Å². The molecule has 0 bridgehead atoms. The Morgan fingerprint density at radius 2 is 2.03 bits per heavy atom. The monoisotopic (exact) mass is 458 g/mol. The Hall–Kier alpha value is -1.49. The van der Waals surface area contributed by atoms with Gasteiger partial charge in [0.25, 0.3) is 0 Å². The zero-order valence-electron chi connectivity index (χ0n) is 18.4. The molecule has 0 saturated heterocycles. The summed E-state index contributed by atoms with van der Waals surface area (Å²) in [4.78, 5) is 19.4. The summed E-state index contributed by atoms with van der Waals surface area (Å²) in [6.45, 7) is 2.26. The predicted molar refractivity (Wildman–Crippen MR) is 119 cm³/mol. The smallest absolute Gasteiger partial charge is 0.220 e. The first-order valence-corrected chi connectivity index (χ1v) is 13.1. The summed E-state index contributed by atoms with van der Waals surface area (Å²) in [5, 5.41) is 24.1. The lowest BCUT2D eigenvalue weighted by atomic mass is 9.83. The quantitative estimate of drug-likeness (QED) is 0.265. The van der Waals surface area contributed by atoms with Gasteiger partial charge in [0.2, 0.25) is 15.9 Å². The molecule has 31 heavy (non-hydrogen) atoms.